The predicted molar refractivity (Wildman–Crippen MR) is 167 cm³/mol. The van der Waals surface area contributed by atoms with Crippen LogP contribution in [0.3, 0.4) is 0 Å². The number of hydrogen-bond donors (Lipinski definition) is 2. The van der Waals surface area contributed by atoms with Crippen molar-refractivity contribution >= 4 is 51.4 Å². The molecule has 0 saturated carbocycles. The summed E-state index contributed by atoms with van der Waals surface area (Å²) >= 11 is 6.65. The van der Waals surface area contributed by atoms with Gasteiger partial charge in [-0.3, -0.25) is 4.79 Å². The number of para-hydroxylation sites is 1. The zero-order chi connectivity index (χ0) is 29.4. The summed E-state index contributed by atoms with van der Waals surface area (Å²) in [5.74, 6) is 1.46. The standard InChI is InChI=1S/C31H34ClN7O3/c1-5-28(40)34-23-14-24(27(41-4)15-25(23)38(3)17-19-8-7-11-37(19)2)35-31-33-16-22(32)29(36-31)21-18-39-12-13-42-26-10-6-9-20(21)30(26)39/h5-6,9-10,14-16,18-19H,1,7-8,11-13,17H2,2-4H3,(H,34,40)(H,33,35,36). The van der Waals surface area contributed by atoms with Crippen LogP contribution in [0.25, 0.3) is 22.2 Å². The van der Waals surface area contributed by atoms with Gasteiger partial charge in [-0.15, -0.1) is 0 Å². The number of amides is 1. The monoisotopic (exact) mass is 587 g/mol. The Hall–Kier alpha value is -4.28. The lowest BCUT2D eigenvalue weighted by molar-refractivity contribution is -0.111. The number of methoxy groups -OCH3 is 1. The molecule has 4 aromatic rings. The molecule has 42 heavy (non-hydrogen) atoms. The summed E-state index contributed by atoms with van der Waals surface area (Å²) in [6.07, 6.45) is 7.21. The summed E-state index contributed by atoms with van der Waals surface area (Å²) < 4.78 is 13.8. The van der Waals surface area contributed by atoms with Crippen molar-refractivity contribution < 1.29 is 14.3 Å². The molecule has 2 aliphatic heterocycles. The van der Waals surface area contributed by atoms with Crippen LogP contribution in [0.15, 0.2) is 55.4 Å². The van der Waals surface area contributed by atoms with Crippen LogP contribution in [0.1, 0.15) is 12.8 Å². The van der Waals surface area contributed by atoms with Gasteiger partial charge in [0.1, 0.15) is 18.1 Å². The van der Waals surface area contributed by atoms with Crippen LogP contribution in [0.4, 0.5) is 23.0 Å². The molecule has 0 radical (unpaired) electrons. The Morgan fingerprint density at radius 1 is 1.31 bits per heavy atom. The van der Waals surface area contributed by atoms with E-state index in [0.29, 0.717) is 46.4 Å². The van der Waals surface area contributed by atoms with Gasteiger partial charge in [0.05, 0.1) is 53.1 Å². The molecule has 2 aliphatic rings. The molecule has 0 spiro atoms. The highest BCUT2D eigenvalue weighted by molar-refractivity contribution is 6.33. The molecule has 0 aliphatic carbocycles. The number of rotatable bonds is 9. The molecule has 1 unspecified atom stereocenters. The maximum Gasteiger partial charge on any atom is 0.247 e. The number of halogens is 1. The first kappa shape index (κ1) is 27.9. The highest BCUT2D eigenvalue weighted by atomic mass is 35.5. The van der Waals surface area contributed by atoms with Gasteiger partial charge in [-0.05, 0) is 44.6 Å². The van der Waals surface area contributed by atoms with Gasteiger partial charge in [0.25, 0.3) is 0 Å². The highest BCUT2D eigenvalue weighted by Crippen LogP contribution is 2.41. The zero-order valence-electron chi connectivity index (χ0n) is 24.0. The van der Waals surface area contributed by atoms with E-state index in [4.69, 9.17) is 26.1 Å². The van der Waals surface area contributed by atoms with Gasteiger partial charge in [0.15, 0.2) is 0 Å². The second kappa shape index (κ2) is 11.5. The quantitative estimate of drug-likeness (QED) is 0.246. The van der Waals surface area contributed by atoms with Gasteiger partial charge in [0.2, 0.25) is 11.9 Å². The van der Waals surface area contributed by atoms with Crippen molar-refractivity contribution in [1.29, 1.82) is 0 Å². The van der Waals surface area contributed by atoms with Crippen LogP contribution in [0.5, 0.6) is 11.5 Å². The molecule has 4 heterocycles. The minimum atomic E-state index is -0.305. The van der Waals surface area contributed by atoms with E-state index < -0.39 is 0 Å². The van der Waals surface area contributed by atoms with Crippen molar-refractivity contribution in [1.82, 2.24) is 19.4 Å². The minimum absolute atomic E-state index is 0.305. The van der Waals surface area contributed by atoms with Crippen LogP contribution >= 0.6 is 11.6 Å². The molecule has 6 rings (SSSR count). The Morgan fingerprint density at radius 3 is 2.93 bits per heavy atom. The summed E-state index contributed by atoms with van der Waals surface area (Å²) in [6, 6.07) is 10.2. The van der Waals surface area contributed by atoms with Crippen molar-refractivity contribution in [3.63, 3.8) is 0 Å². The number of carbonyl (C=O) groups excluding carboxylic acids is 1. The van der Waals surface area contributed by atoms with Gasteiger partial charge in [-0.25, -0.2) is 9.97 Å². The molecular formula is C31H34ClN7O3. The van der Waals surface area contributed by atoms with Crippen LogP contribution in [-0.2, 0) is 11.3 Å². The first-order valence-corrected chi connectivity index (χ1v) is 14.4. The molecule has 1 fully saturated rings. The second-order valence-corrected chi connectivity index (χ2v) is 11.1. The molecule has 11 heteroatoms. The Balaban J connectivity index is 1.36. The molecule has 2 N–H and O–H groups in total. The summed E-state index contributed by atoms with van der Waals surface area (Å²) in [7, 11) is 5.79. The number of anilines is 4. The maximum atomic E-state index is 12.4. The van der Waals surface area contributed by atoms with Crippen LogP contribution in [-0.4, -0.2) is 72.3 Å². The molecule has 1 amide bonds. The van der Waals surface area contributed by atoms with Crippen molar-refractivity contribution in [2.24, 2.45) is 0 Å². The maximum absolute atomic E-state index is 12.4. The van der Waals surface area contributed by atoms with Crippen molar-refractivity contribution in [2.45, 2.75) is 25.4 Å². The topological polar surface area (TPSA) is 96.8 Å². The van der Waals surface area contributed by atoms with Crippen molar-refractivity contribution in [3.05, 3.63) is 60.4 Å². The molecule has 2 aromatic carbocycles. The molecule has 0 bridgehead atoms. The number of nitrogens with one attached hydrogen (secondary N) is 2. The molecule has 1 saturated heterocycles. The summed E-state index contributed by atoms with van der Waals surface area (Å²) in [4.78, 5) is 26.2. The van der Waals surface area contributed by atoms with E-state index in [9.17, 15) is 4.79 Å². The average molecular weight is 588 g/mol. The summed E-state index contributed by atoms with van der Waals surface area (Å²) in [5.41, 5.74) is 4.57. The van der Waals surface area contributed by atoms with Gasteiger partial charge >= 0.3 is 0 Å². The highest BCUT2D eigenvalue weighted by Gasteiger charge is 2.25. The number of hydrogen-bond acceptors (Lipinski definition) is 8. The predicted octanol–water partition coefficient (Wildman–Crippen LogP) is 5.55. The van der Waals surface area contributed by atoms with Gasteiger partial charge < -0.3 is 34.5 Å². The number of ether oxygens (including phenoxy) is 2. The van der Waals surface area contributed by atoms with Gasteiger partial charge in [-0.1, -0.05) is 30.3 Å². The van der Waals surface area contributed by atoms with Gasteiger partial charge in [0, 0.05) is 42.8 Å². The van der Waals surface area contributed by atoms with Gasteiger partial charge in [-0.2, -0.15) is 0 Å². The summed E-state index contributed by atoms with van der Waals surface area (Å²) in [6.45, 7) is 6.87. The minimum Gasteiger partial charge on any atom is -0.494 e. The van der Waals surface area contributed by atoms with E-state index in [-0.39, 0.29) is 5.91 Å². The summed E-state index contributed by atoms with van der Waals surface area (Å²) in [5, 5.41) is 7.69. The first-order valence-electron chi connectivity index (χ1n) is 14.0. The number of likely N-dealkylation sites (tertiary alicyclic amines) is 1. The average Bonchev–Trinajstić information content (AvgIpc) is 3.58. The van der Waals surface area contributed by atoms with E-state index in [1.165, 1.54) is 12.5 Å². The van der Waals surface area contributed by atoms with E-state index in [1.54, 1.807) is 13.3 Å². The van der Waals surface area contributed by atoms with E-state index in [0.717, 1.165) is 54.0 Å². The van der Waals surface area contributed by atoms with Crippen molar-refractivity contribution in [2.75, 3.05) is 56.4 Å². The third kappa shape index (κ3) is 5.23. The van der Waals surface area contributed by atoms with Crippen LogP contribution in [0.2, 0.25) is 5.02 Å². The fourth-order valence-corrected chi connectivity index (χ4v) is 6.05. The Morgan fingerprint density at radius 2 is 2.17 bits per heavy atom. The van der Waals surface area contributed by atoms with Crippen LogP contribution < -0.4 is 25.0 Å². The molecule has 10 nitrogen and oxygen atoms in total. The van der Waals surface area contributed by atoms with Crippen LogP contribution in [0, 0.1) is 0 Å². The third-order valence-electron chi connectivity index (χ3n) is 8.03. The number of likely N-dealkylation sites (N-methyl/N-ethyl adjacent to an activating group) is 2. The molecule has 218 valence electrons. The zero-order valence-corrected chi connectivity index (χ0v) is 24.7. The smallest absolute Gasteiger partial charge is 0.247 e. The number of carbonyl (C=O) groups is 1. The Labute approximate surface area is 249 Å². The number of nitrogens with zero attached hydrogens (tertiary/aromatic N) is 5. The van der Waals surface area contributed by atoms with E-state index in [2.05, 4.69) is 49.8 Å². The normalized spacial score (nSPS) is 16.2. The molecular weight excluding hydrogens is 554 g/mol. The lowest BCUT2D eigenvalue weighted by atomic mass is 10.1. The number of aromatic nitrogens is 3. The lowest BCUT2D eigenvalue weighted by Gasteiger charge is -2.29. The lowest BCUT2D eigenvalue weighted by Crippen LogP contribution is -2.37. The fourth-order valence-electron chi connectivity index (χ4n) is 5.86. The van der Waals surface area contributed by atoms with E-state index >= 15 is 0 Å². The Bertz CT molecular complexity index is 1670. The largest absolute Gasteiger partial charge is 0.494 e. The molecule has 1 atom stereocenters. The molecule has 2 aromatic heterocycles. The third-order valence-corrected chi connectivity index (χ3v) is 8.30. The van der Waals surface area contributed by atoms with Crippen molar-refractivity contribution in [3.8, 4) is 22.8 Å². The SMILES string of the molecule is C=CC(=O)Nc1cc(Nc2ncc(Cl)c(-c3cn4c5c(cccc35)OCC4)n2)c(OC)cc1N(C)CC1CCCN1C. The first-order chi connectivity index (χ1) is 20.4. The fraction of sp³-hybridized carbons (Fsp3) is 0.323. The Kier molecular flexibility index (Phi) is 7.66. The number of benzene rings is 2. The second-order valence-electron chi connectivity index (χ2n) is 10.7. The van der Waals surface area contributed by atoms with E-state index in [1.807, 2.05) is 37.4 Å².